The van der Waals surface area contributed by atoms with Crippen molar-refractivity contribution in [3.8, 4) is 0 Å². The first kappa shape index (κ1) is 12.0. The van der Waals surface area contributed by atoms with Gasteiger partial charge in [0.1, 0.15) is 5.01 Å². The Labute approximate surface area is 110 Å². The molecule has 1 aromatic heterocycles. The molecule has 0 radical (unpaired) electrons. The average molecular weight is 317 g/mol. The van der Waals surface area contributed by atoms with Crippen molar-refractivity contribution in [3.63, 3.8) is 0 Å². The van der Waals surface area contributed by atoms with Crippen molar-refractivity contribution in [2.45, 2.75) is 22.8 Å². The van der Waals surface area contributed by atoms with Crippen molar-refractivity contribution in [1.82, 2.24) is 10.2 Å². The topological polar surface area (TPSA) is 46.0 Å². The van der Waals surface area contributed by atoms with Gasteiger partial charge in [0.2, 0.25) is 0 Å². The molecule has 16 heavy (non-hydrogen) atoms. The molecular weight excluding hydrogens is 308 g/mol. The molecule has 84 valence electrons. The summed E-state index contributed by atoms with van der Waals surface area (Å²) in [4.78, 5) is 1.08. The zero-order chi connectivity index (χ0) is 11.5. The van der Waals surface area contributed by atoms with Crippen molar-refractivity contribution >= 4 is 39.0 Å². The highest BCUT2D eigenvalue weighted by atomic mass is 79.9. The number of aromatic nitrogens is 2. The van der Waals surface area contributed by atoms with E-state index in [1.54, 1.807) is 23.1 Å². The van der Waals surface area contributed by atoms with E-state index in [2.05, 4.69) is 26.1 Å². The third kappa shape index (κ3) is 2.82. The molecule has 1 aromatic carbocycles. The Morgan fingerprint density at radius 2 is 2.25 bits per heavy atom. The Balaban J connectivity index is 2.21. The number of nitrogens with zero attached hydrogens (tertiary/aromatic N) is 2. The van der Waals surface area contributed by atoms with E-state index in [0.29, 0.717) is 0 Å². The molecule has 1 N–H and O–H groups in total. The summed E-state index contributed by atoms with van der Waals surface area (Å²) >= 11 is 6.62. The standard InChI is InChI=1S/C10H9BrN2OS2/c1-6-12-13-10(15-6)16-9-3-2-7(5-14)4-8(9)11/h2-4,14H,5H2,1H3. The molecule has 0 aliphatic rings. The number of rotatable bonds is 3. The Hall–Kier alpha value is -0.430. The minimum absolute atomic E-state index is 0.0570. The number of halogens is 1. The van der Waals surface area contributed by atoms with Gasteiger partial charge in [0.25, 0.3) is 0 Å². The van der Waals surface area contributed by atoms with Gasteiger partial charge in [-0.05, 0) is 40.5 Å². The molecule has 0 fully saturated rings. The van der Waals surface area contributed by atoms with Crippen LogP contribution in [0.2, 0.25) is 0 Å². The Kier molecular flexibility index (Phi) is 3.96. The van der Waals surface area contributed by atoms with Gasteiger partial charge in [-0.1, -0.05) is 29.2 Å². The fraction of sp³-hybridized carbons (Fsp3) is 0.200. The van der Waals surface area contributed by atoms with Gasteiger partial charge >= 0.3 is 0 Å². The summed E-state index contributed by atoms with van der Waals surface area (Å²) in [5.41, 5.74) is 0.893. The summed E-state index contributed by atoms with van der Waals surface area (Å²) in [5.74, 6) is 0. The fourth-order valence-electron chi connectivity index (χ4n) is 1.14. The number of hydrogen-bond acceptors (Lipinski definition) is 5. The molecule has 0 bridgehead atoms. The molecular formula is C10H9BrN2OS2. The van der Waals surface area contributed by atoms with Crippen LogP contribution in [-0.4, -0.2) is 15.3 Å². The van der Waals surface area contributed by atoms with Crippen molar-refractivity contribution in [3.05, 3.63) is 33.2 Å². The number of aliphatic hydroxyl groups is 1. The maximum Gasteiger partial charge on any atom is 0.179 e. The van der Waals surface area contributed by atoms with Gasteiger partial charge in [-0.15, -0.1) is 10.2 Å². The van der Waals surface area contributed by atoms with E-state index >= 15 is 0 Å². The van der Waals surface area contributed by atoms with Gasteiger partial charge in [0, 0.05) is 9.37 Å². The van der Waals surface area contributed by atoms with E-state index in [9.17, 15) is 0 Å². The van der Waals surface area contributed by atoms with Gasteiger partial charge in [0.15, 0.2) is 4.34 Å². The zero-order valence-corrected chi connectivity index (χ0v) is 11.7. The molecule has 6 heteroatoms. The monoisotopic (exact) mass is 316 g/mol. The van der Waals surface area contributed by atoms with Gasteiger partial charge in [-0.3, -0.25) is 0 Å². The van der Waals surface area contributed by atoms with Crippen LogP contribution in [0.4, 0.5) is 0 Å². The molecule has 0 saturated heterocycles. The second kappa shape index (κ2) is 5.27. The predicted octanol–water partition coefficient (Wildman–Crippen LogP) is 3.25. The summed E-state index contributed by atoms with van der Waals surface area (Å²) in [5, 5.41) is 18.0. The summed E-state index contributed by atoms with van der Waals surface area (Å²) in [6.07, 6.45) is 0. The third-order valence-electron chi connectivity index (χ3n) is 1.88. The molecule has 0 amide bonds. The largest absolute Gasteiger partial charge is 0.392 e. The fourth-order valence-corrected chi connectivity index (χ4v) is 3.58. The van der Waals surface area contributed by atoms with Crippen molar-refractivity contribution in [1.29, 1.82) is 0 Å². The minimum Gasteiger partial charge on any atom is -0.392 e. The number of aliphatic hydroxyl groups excluding tert-OH is 1. The van der Waals surface area contributed by atoms with Crippen LogP contribution in [0.1, 0.15) is 10.6 Å². The first-order valence-electron chi connectivity index (χ1n) is 4.56. The smallest absolute Gasteiger partial charge is 0.179 e. The summed E-state index contributed by atoms with van der Waals surface area (Å²) < 4.78 is 1.90. The van der Waals surface area contributed by atoms with E-state index in [1.165, 1.54) is 0 Å². The van der Waals surface area contributed by atoms with Crippen LogP contribution in [0.3, 0.4) is 0 Å². The van der Waals surface area contributed by atoms with Crippen molar-refractivity contribution < 1.29 is 5.11 Å². The normalized spacial score (nSPS) is 10.7. The molecule has 2 aromatic rings. The van der Waals surface area contributed by atoms with Crippen molar-refractivity contribution in [2.75, 3.05) is 0 Å². The number of aryl methyl sites for hydroxylation is 1. The van der Waals surface area contributed by atoms with Crippen LogP contribution < -0.4 is 0 Å². The molecule has 0 spiro atoms. The molecule has 0 saturated carbocycles. The lowest BCUT2D eigenvalue weighted by molar-refractivity contribution is 0.281. The summed E-state index contributed by atoms with van der Waals surface area (Å²) in [6, 6.07) is 5.79. The molecule has 2 rings (SSSR count). The van der Waals surface area contributed by atoms with E-state index in [0.717, 1.165) is 24.3 Å². The quantitative estimate of drug-likeness (QED) is 0.944. The summed E-state index contributed by atoms with van der Waals surface area (Å²) in [6.45, 7) is 1.99. The highest BCUT2D eigenvalue weighted by Crippen LogP contribution is 2.35. The maximum absolute atomic E-state index is 9.00. The van der Waals surface area contributed by atoms with Crippen molar-refractivity contribution in [2.24, 2.45) is 0 Å². The van der Waals surface area contributed by atoms with Crippen LogP contribution in [0, 0.1) is 6.92 Å². The third-order valence-corrected chi connectivity index (χ3v) is 4.77. The first-order valence-corrected chi connectivity index (χ1v) is 6.99. The van der Waals surface area contributed by atoms with Crippen LogP contribution in [0.5, 0.6) is 0 Å². The van der Waals surface area contributed by atoms with Crippen LogP contribution in [-0.2, 0) is 6.61 Å². The predicted molar refractivity (Wildman–Crippen MR) is 68.8 cm³/mol. The number of hydrogen-bond donors (Lipinski definition) is 1. The Morgan fingerprint density at radius 1 is 1.44 bits per heavy atom. The molecule has 0 unspecified atom stereocenters. The second-order valence-electron chi connectivity index (χ2n) is 3.11. The van der Waals surface area contributed by atoms with Crippen LogP contribution >= 0.6 is 39.0 Å². The molecule has 0 aliphatic heterocycles. The van der Waals surface area contributed by atoms with Gasteiger partial charge < -0.3 is 5.11 Å². The molecule has 0 atom stereocenters. The van der Waals surface area contributed by atoms with Gasteiger partial charge in [0.05, 0.1) is 6.61 Å². The first-order chi connectivity index (χ1) is 7.69. The molecule has 0 aliphatic carbocycles. The van der Waals surface area contributed by atoms with E-state index < -0.39 is 0 Å². The van der Waals surface area contributed by atoms with Crippen LogP contribution in [0.25, 0.3) is 0 Å². The van der Waals surface area contributed by atoms with E-state index in [1.807, 2.05) is 25.1 Å². The van der Waals surface area contributed by atoms with Gasteiger partial charge in [-0.2, -0.15) is 0 Å². The molecule has 1 heterocycles. The highest BCUT2D eigenvalue weighted by Gasteiger charge is 2.07. The zero-order valence-electron chi connectivity index (χ0n) is 8.48. The van der Waals surface area contributed by atoms with E-state index in [-0.39, 0.29) is 6.61 Å². The minimum atomic E-state index is 0.0570. The highest BCUT2D eigenvalue weighted by molar-refractivity contribution is 9.10. The molecule has 3 nitrogen and oxygen atoms in total. The lowest BCUT2D eigenvalue weighted by Gasteiger charge is -2.03. The average Bonchev–Trinajstić information content (AvgIpc) is 2.67. The Morgan fingerprint density at radius 3 is 2.81 bits per heavy atom. The SMILES string of the molecule is Cc1nnc(Sc2ccc(CO)cc2Br)s1. The second-order valence-corrected chi connectivity index (χ2v) is 6.44. The number of benzene rings is 1. The van der Waals surface area contributed by atoms with Crippen LogP contribution in [0.15, 0.2) is 31.9 Å². The summed E-state index contributed by atoms with van der Waals surface area (Å²) in [7, 11) is 0. The Bertz CT molecular complexity index is 501. The van der Waals surface area contributed by atoms with E-state index in [4.69, 9.17) is 5.11 Å². The lowest BCUT2D eigenvalue weighted by Crippen LogP contribution is -1.84. The maximum atomic E-state index is 9.00. The lowest BCUT2D eigenvalue weighted by atomic mass is 10.2. The van der Waals surface area contributed by atoms with Gasteiger partial charge in [-0.25, -0.2) is 0 Å².